The van der Waals surface area contributed by atoms with Gasteiger partial charge in [0.1, 0.15) is 0 Å². The first kappa shape index (κ1) is 6.43. The monoisotopic (exact) mass is 155 g/mol. The van der Waals surface area contributed by atoms with Crippen molar-refractivity contribution in [3.05, 3.63) is 11.6 Å². The van der Waals surface area contributed by atoms with Crippen LogP contribution < -0.4 is 5.32 Å². The quantitative estimate of drug-likeness (QED) is 0.554. The van der Waals surface area contributed by atoms with Crippen LogP contribution in [0.15, 0.2) is 11.6 Å². The van der Waals surface area contributed by atoms with Gasteiger partial charge in [-0.15, -0.1) is 0 Å². The molecule has 0 unspecified atom stereocenters. The molecule has 2 aliphatic heterocycles. The third-order valence-electron chi connectivity index (χ3n) is 1.89. The summed E-state index contributed by atoms with van der Waals surface area (Å²) >= 11 is 1.48. The van der Waals surface area contributed by atoms with Gasteiger partial charge in [-0.1, -0.05) is 11.8 Å². The Bertz CT molecular complexity index is 200. The van der Waals surface area contributed by atoms with E-state index in [-0.39, 0.29) is 5.12 Å². The third kappa shape index (κ3) is 0.995. The number of hydrogen-bond acceptors (Lipinski definition) is 3. The fraction of sp³-hybridized carbons (Fsp3) is 0.571. The highest BCUT2D eigenvalue weighted by molar-refractivity contribution is 8.15. The molecule has 1 N–H and O–H groups in total. The van der Waals surface area contributed by atoms with Gasteiger partial charge in [-0.05, 0) is 24.6 Å². The van der Waals surface area contributed by atoms with Gasteiger partial charge in [0, 0.05) is 11.8 Å². The summed E-state index contributed by atoms with van der Waals surface area (Å²) in [4.78, 5) is 10.9. The summed E-state index contributed by atoms with van der Waals surface area (Å²) in [5.74, 6) is 0. The molecule has 0 radical (unpaired) electrons. The lowest BCUT2D eigenvalue weighted by molar-refractivity contribution is -0.106. The average Bonchev–Trinajstić information content (AvgIpc) is 2.27. The van der Waals surface area contributed by atoms with Crippen molar-refractivity contribution in [3.8, 4) is 0 Å². The topological polar surface area (TPSA) is 29.1 Å². The van der Waals surface area contributed by atoms with Crippen molar-refractivity contribution < 1.29 is 4.79 Å². The smallest absolute Gasteiger partial charge is 0.212 e. The van der Waals surface area contributed by atoms with Crippen molar-refractivity contribution in [3.63, 3.8) is 0 Å². The number of thioether (sulfide) groups is 1. The number of carbonyl (C=O) groups excluding carboxylic acids is 1. The minimum atomic E-state index is 0.240. The predicted octanol–water partition coefficient (Wildman–Crippen LogP) is 0.548. The van der Waals surface area contributed by atoms with Gasteiger partial charge in [0.2, 0.25) is 5.12 Å². The first-order valence-electron chi connectivity index (χ1n) is 3.48. The van der Waals surface area contributed by atoms with E-state index in [0.717, 1.165) is 19.5 Å². The Balaban J connectivity index is 2.17. The number of hydrogen-bond donors (Lipinski definition) is 1. The van der Waals surface area contributed by atoms with Gasteiger partial charge in [0.05, 0.1) is 0 Å². The molecule has 0 saturated carbocycles. The molecule has 2 nitrogen and oxygen atoms in total. The number of rotatable bonds is 0. The third-order valence-corrected chi connectivity index (χ3v) is 3.06. The van der Waals surface area contributed by atoms with E-state index in [1.165, 1.54) is 17.3 Å². The summed E-state index contributed by atoms with van der Waals surface area (Å²) in [5.41, 5.74) is 1.29. The average molecular weight is 155 g/mol. The maximum atomic E-state index is 10.9. The van der Waals surface area contributed by atoms with Gasteiger partial charge in [-0.2, -0.15) is 0 Å². The molecule has 0 amide bonds. The molecule has 1 saturated heterocycles. The molecular formula is C7H9NOS. The maximum absolute atomic E-state index is 10.9. The van der Waals surface area contributed by atoms with Gasteiger partial charge in [-0.25, -0.2) is 0 Å². The van der Waals surface area contributed by atoms with E-state index in [4.69, 9.17) is 0 Å². The van der Waals surface area contributed by atoms with Crippen molar-refractivity contribution in [2.24, 2.45) is 0 Å². The van der Waals surface area contributed by atoms with E-state index in [2.05, 4.69) is 5.32 Å². The molecule has 0 bridgehead atoms. The van der Waals surface area contributed by atoms with Gasteiger partial charge >= 0.3 is 0 Å². The van der Waals surface area contributed by atoms with E-state index in [0.29, 0.717) is 5.25 Å². The number of fused-ring (bicyclic) bond motifs is 1. The molecule has 0 spiro atoms. The van der Waals surface area contributed by atoms with Crippen molar-refractivity contribution in [2.75, 3.05) is 13.1 Å². The lowest BCUT2D eigenvalue weighted by Crippen LogP contribution is -2.30. The molecule has 1 atom stereocenters. The van der Waals surface area contributed by atoms with Crippen LogP contribution in [0, 0.1) is 0 Å². The summed E-state index contributed by atoms with van der Waals surface area (Å²) in [7, 11) is 0. The Hall–Kier alpha value is -0.280. The largest absolute Gasteiger partial charge is 0.313 e. The minimum absolute atomic E-state index is 0.240. The molecular weight excluding hydrogens is 146 g/mol. The van der Waals surface area contributed by atoms with Crippen LogP contribution in [0.4, 0.5) is 0 Å². The molecule has 1 fully saturated rings. The number of nitrogens with one attached hydrogen (secondary N) is 1. The van der Waals surface area contributed by atoms with E-state index in [1.807, 2.05) is 0 Å². The van der Waals surface area contributed by atoms with Crippen LogP contribution in [-0.2, 0) is 4.79 Å². The lowest BCUT2D eigenvalue weighted by atomic mass is 10.1. The summed E-state index contributed by atoms with van der Waals surface area (Å²) < 4.78 is 0. The Morgan fingerprint density at radius 2 is 2.60 bits per heavy atom. The van der Waals surface area contributed by atoms with Gasteiger partial charge in [-0.3, -0.25) is 4.79 Å². The van der Waals surface area contributed by atoms with Crippen LogP contribution in [0.1, 0.15) is 6.42 Å². The van der Waals surface area contributed by atoms with Crippen molar-refractivity contribution in [1.82, 2.24) is 5.32 Å². The molecule has 0 aromatic heterocycles. The first-order chi connectivity index (χ1) is 4.86. The second-order valence-electron chi connectivity index (χ2n) is 2.61. The van der Waals surface area contributed by atoms with Crippen LogP contribution in [0.5, 0.6) is 0 Å². The van der Waals surface area contributed by atoms with Gasteiger partial charge in [0.15, 0.2) is 0 Å². The van der Waals surface area contributed by atoms with Crippen molar-refractivity contribution in [2.45, 2.75) is 11.7 Å². The highest BCUT2D eigenvalue weighted by atomic mass is 32.2. The highest BCUT2D eigenvalue weighted by Gasteiger charge is 2.27. The zero-order valence-corrected chi connectivity index (χ0v) is 6.41. The van der Waals surface area contributed by atoms with Gasteiger partial charge in [0.25, 0.3) is 0 Å². The Kier molecular flexibility index (Phi) is 1.54. The standard InChI is InChI=1S/C7H9NOS/c9-7-3-5-4-8-2-1-6(5)10-7/h3,6,8H,1-2,4H2/t6-/m0/s1. The van der Waals surface area contributed by atoms with Crippen LogP contribution in [0.25, 0.3) is 0 Å². The summed E-state index contributed by atoms with van der Waals surface area (Å²) in [6.45, 7) is 1.98. The van der Waals surface area contributed by atoms with Crippen LogP contribution in [-0.4, -0.2) is 23.5 Å². The Labute approximate surface area is 64.1 Å². The summed E-state index contributed by atoms with van der Waals surface area (Å²) in [6.07, 6.45) is 2.89. The molecule has 54 valence electrons. The molecule has 0 aromatic rings. The molecule has 2 rings (SSSR count). The van der Waals surface area contributed by atoms with Crippen LogP contribution in [0.3, 0.4) is 0 Å². The summed E-state index contributed by atoms with van der Waals surface area (Å²) in [5, 5.41) is 3.99. The summed E-state index contributed by atoms with van der Waals surface area (Å²) in [6, 6.07) is 0. The SMILES string of the molecule is O=C1C=C2CNCC[C@@H]2S1. The Morgan fingerprint density at radius 1 is 1.70 bits per heavy atom. The zero-order valence-electron chi connectivity index (χ0n) is 5.59. The van der Waals surface area contributed by atoms with E-state index in [9.17, 15) is 4.79 Å². The maximum Gasteiger partial charge on any atom is 0.212 e. The highest BCUT2D eigenvalue weighted by Crippen LogP contribution is 2.31. The van der Waals surface area contributed by atoms with E-state index < -0.39 is 0 Å². The van der Waals surface area contributed by atoms with Crippen molar-refractivity contribution in [1.29, 1.82) is 0 Å². The zero-order chi connectivity index (χ0) is 6.97. The fourth-order valence-electron chi connectivity index (χ4n) is 1.37. The predicted molar refractivity (Wildman–Crippen MR) is 42.0 cm³/mol. The minimum Gasteiger partial charge on any atom is -0.313 e. The van der Waals surface area contributed by atoms with Gasteiger partial charge < -0.3 is 5.32 Å². The molecule has 3 heteroatoms. The second kappa shape index (κ2) is 2.40. The molecule has 2 aliphatic rings. The molecule has 2 heterocycles. The molecule has 10 heavy (non-hydrogen) atoms. The van der Waals surface area contributed by atoms with E-state index in [1.54, 1.807) is 6.08 Å². The number of piperidine rings is 1. The van der Waals surface area contributed by atoms with Crippen LogP contribution >= 0.6 is 11.8 Å². The Morgan fingerprint density at radius 3 is 3.40 bits per heavy atom. The fourth-order valence-corrected chi connectivity index (χ4v) is 2.41. The normalized spacial score (nSPS) is 31.8. The van der Waals surface area contributed by atoms with E-state index >= 15 is 0 Å². The number of carbonyl (C=O) groups is 1. The first-order valence-corrected chi connectivity index (χ1v) is 4.36. The lowest BCUT2D eigenvalue weighted by Gasteiger charge is -2.19. The second-order valence-corrected chi connectivity index (χ2v) is 3.82. The molecule has 0 aliphatic carbocycles. The molecule has 0 aromatic carbocycles. The van der Waals surface area contributed by atoms with Crippen LogP contribution in [0.2, 0.25) is 0 Å². The van der Waals surface area contributed by atoms with Crippen molar-refractivity contribution >= 4 is 16.9 Å².